The van der Waals surface area contributed by atoms with E-state index in [1.807, 2.05) is 0 Å². The van der Waals surface area contributed by atoms with E-state index in [9.17, 15) is 4.39 Å². The summed E-state index contributed by atoms with van der Waals surface area (Å²) in [7, 11) is 0. The van der Waals surface area contributed by atoms with Gasteiger partial charge in [-0.1, -0.05) is 16.9 Å². The molecule has 1 heterocycles. The molecule has 2 aromatic rings. The number of nitrogens with zero attached hydrogens (tertiary/aromatic N) is 2. The summed E-state index contributed by atoms with van der Waals surface area (Å²) >= 11 is 1.33. The Morgan fingerprint density at radius 1 is 1.50 bits per heavy atom. The van der Waals surface area contributed by atoms with Gasteiger partial charge in [0, 0.05) is 11.3 Å². The molecule has 0 fully saturated rings. The van der Waals surface area contributed by atoms with Crippen LogP contribution in [0, 0.1) is 5.82 Å². The largest absolute Gasteiger partial charge is 0.440 e. The van der Waals surface area contributed by atoms with Gasteiger partial charge in [0.05, 0.1) is 6.20 Å². The lowest BCUT2D eigenvalue weighted by molar-refractivity contribution is 0.318. The topological polar surface area (TPSA) is 84.6 Å². The average molecular weight is 267 g/mol. The van der Waals surface area contributed by atoms with Crippen LogP contribution in [0.4, 0.5) is 4.39 Å². The molecule has 0 amide bonds. The first-order chi connectivity index (χ1) is 8.69. The Morgan fingerprint density at radius 3 is 3.00 bits per heavy atom. The van der Waals surface area contributed by atoms with E-state index in [0.717, 1.165) is 0 Å². The highest BCUT2D eigenvalue weighted by Crippen LogP contribution is 2.22. The molecule has 0 unspecified atom stereocenters. The van der Waals surface area contributed by atoms with Crippen molar-refractivity contribution in [1.29, 1.82) is 0 Å². The Labute approximate surface area is 107 Å². The molecule has 94 valence electrons. The fourth-order valence-corrected chi connectivity index (χ4v) is 2.08. The normalized spacial score (nSPS) is 11.7. The number of amidine groups is 1. The molecule has 0 atom stereocenters. The standard InChI is InChI=1S/C11H10FN3O2S/c12-9-4-7(3-8(5-9)10(13)15-16)6-18-11-14-1-2-17-11/h1-5,16H,6H2,(H2,13,15). The van der Waals surface area contributed by atoms with Gasteiger partial charge in [-0.25, -0.2) is 9.37 Å². The van der Waals surface area contributed by atoms with Crippen molar-refractivity contribution >= 4 is 17.6 Å². The number of oxazole rings is 1. The number of rotatable bonds is 4. The molecule has 1 aromatic heterocycles. The Bertz CT molecular complexity index is 557. The van der Waals surface area contributed by atoms with E-state index < -0.39 is 5.82 Å². The number of hydrogen-bond donors (Lipinski definition) is 2. The number of aromatic nitrogens is 1. The van der Waals surface area contributed by atoms with Crippen LogP contribution in [0.15, 0.2) is 45.5 Å². The van der Waals surface area contributed by atoms with Gasteiger partial charge in [0.1, 0.15) is 12.1 Å². The molecule has 5 nitrogen and oxygen atoms in total. The maximum Gasteiger partial charge on any atom is 0.255 e. The predicted molar refractivity (Wildman–Crippen MR) is 65.0 cm³/mol. The summed E-state index contributed by atoms with van der Waals surface area (Å²) < 4.78 is 18.4. The Balaban J connectivity index is 2.15. The van der Waals surface area contributed by atoms with Crippen molar-refractivity contribution in [3.8, 4) is 0 Å². The quantitative estimate of drug-likeness (QED) is 0.292. The Hall–Kier alpha value is -2.02. The summed E-state index contributed by atoms with van der Waals surface area (Å²) in [5, 5.41) is 11.9. The van der Waals surface area contributed by atoms with Gasteiger partial charge >= 0.3 is 0 Å². The molecule has 0 aliphatic heterocycles. The van der Waals surface area contributed by atoms with Crippen molar-refractivity contribution in [2.45, 2.75) is 11.0 Å². The lowest BCUT2D eigenvalue weighted by atomic mass is 10.1. The van der Waals surface area contributed by atoms with Crippen LogP contribution in [0.25, 0.3) is 0 Å². The van der Waals surface area contributed by atoms with Gasteiger partial charge in [0.15, 0.2) is 5.84 Å². The number of halogens is 1. The minimum atomic E-state index is -0.442. The monoisotopic (exact) mass is 267 g/mol. The molecule has 0 radical (unpaired) electrons. The van der Waals surface area contributed by atoms with Crippen molar-refractivity contribution in [3.63, 3.8) is 0 Å². The van der Waals surface area contributed by atoms with Gasteiger partial charge in [0.2, 0.25) is 0 Å². The van der Waals surface area contributed by atoms with Crippen molar-refractivity contribution in [2.75, 3.05) is 0 Å². The molecule has 0 aliphatic carbocycles. The number of benzene rings is 1. The smallest absolute Gasteiger partial charge is 0.255 e. The Morgan fingerprint density at radius 2 is 2.33 bits per heavy atom. The maximum atomic E-state index is 13.3. The van der Waals surface area contributed by atoms with Gasteiger partial charge in [-0.15, -0.1) is 0 Å². The third kappa shape index (κ3) is 3.01. The first-order valence-electron chi connectivity index (χ1n) is 4.98. The van der Waals surface area contributed by atoms with Gasteiger partial charge in [-0.05, 0) is 23.8 Å². The number of thioether (sulfide) groups is 1. The summed E-state index contributed by atoms with van der Waals surface area (Å²) in [6.07, 6.45) is 3.01. The summed E-state index contributed by atoms with van der Waals surface area (Å²) in [4.78, 5) is 3.94. The molecule has 1 aromatic carbocycles. The van der Waals surface area contributed by atoms with E-state index >= 15 is 0 Å². The van der Waals surface area contributed by atoms with Crippen LogP contribution in [0.2, 0.25) is 0 Å². The number of oxime groups is 1. The second-order valence-electron chi connectivity index (χ2n) is 3.42. The van der Waals surface area contributed by atoms with E-state index in [-0.39, 0.29) is 5.84 Å². The SMILES string of the molecule is N/C(=N/O)c1cc(F)cc(CSc2ncco2)c1. The zero-order chi connectivity index (χ0) is 13.0. The molecule has 18 heavy (non-hydrogen) atoms. The highest BCUT2D eigenvalue weighted by molar-refractivity contribution is 7.98. The third-order valence-corrected chi connectivity index (χ3v) is 3.06. The highest BCUT2D eigenvalue weighted by Gasteiger charge is 2.06. The summed E-state index contributed by atoms with van der Waals surface area (Å²) in [5.41, 5.74) is 6.45. The molecule has 0 spiro atoms. The molecule has 0 aliphatic rings. The molecular weight excluding hydrogens is 257 g/mol. The molecule has 7 heteroatoms. The zero-order valence-corrected chi connectivity index (χ0v) is 10.0. The first kappa shape index (κ1) is 12.4. The first-order valence-corrected chi connectivity index (χ1v) is 5.97. The molecule has 3 N–H and O–H groups in total. The highest BCUT2D eigenvalue weighted by atomic mass is 32.2. The lowest BCUT2D eigenvalue weighted by Gasteiger charge is -2.04. The fraction of sp³-hybridized carbons (Fsp3) is 0.0909. The van der Waals surface area contributed by atoms with Crippen LogP contribution in [-0.2, 0) is 5.75 Å². The van der Waals surface area contributed by atoms with Crippen LogP contribution in [0.3, 0.4) is 0 Å². The van der Waals surface area contributed by atoms with E-state index in [2.05, 4.69) is 10.1 Å². The van der Waals surface area contributed by atoms with Crippen molar-refractivity contribution < 1.29 is 14.0 Å². The second-order valence-corrected chi connectivity index (χ2v) is 4.35. The van der Waals surface area contributed by atoms with Gasteiger partial charge < -0.3 is 15.4 Å². The minimum Gasteiger partial charge on any atom is -0.440 e. The molecule has 0 saturated heterocycles. The van der Waals surface area contributed by atoms with Gasteiger partial charge in [-0.3, -0.25) is 0 Å². The second kappa shape index (κ2) is 5.54. The fourth-order valence-electron chi connectivity index (χ4n) is 1.37. The molecular formula is C11H10FN3O2S. The van der Waals surface area contributed by atoms with Crippen LogP contribution in [0.1, 0.15) is 11.1 Å². The van der Waals surface area contributed by atoms with Crippen LogP contribution in [0.5, 0.6) is 0 Å². The van der Waals surface area contributed by atoms with E-state index in [0.29, 0.717) is 22.1 Å². The zero-order valence-electron chi connectivity index (χ0n) is 9.21. The predicted octanol–water partition coefficient (Wildman–Crippen LogP) is 2.20. The minimum absolute atomic E-state index is 0.128. The maximum absolute atomic E-state index is 13.3. The average Bonchev–Trinajstić information content (AvgIpc) is 2.88. The van der Waals surface area contributed by atoms with E-state index in [1.54, 1.807) is 6.07 Å². The van der Waals surface area contributed by atoms with E-state index in [4.69, 9.17) is 15.4 Å². The van der Waals surface area contributed by atoms with Gasteiger partial charge in [0.25, 0.3) is 5.22 Å². The third-order valence-electron chi connectivity index (χ3n) is 2.13. The van der Waals surface area contributed by atoms with Crippen molar-refractivity contribution in [2.24, 2.45) is 10.9 Å². The summed E-state index contributed by atoms with van der Waals surface area (Å²) in [6, 6.07) is 4.23. The van der Waals surface area contributed by atoms with Crippen molar-refractivity contribution in [3.05, 3.63) is 47.6 Å². The number of nitrogens with two attached hydrogens (primary N) is 1. The molecule has 2 rings (SSSR count). The summed E-state index contributed by atoms with van der Waals surface area (Å²) in [6.45, 7) is 0. The van der Waals surface area contributed by atoms with Crippen LogP contribution in [-0.4, -0.2) is 16.0 Å². The number of hydrogen-bond acceptors (Lipinski definition) is 5. The van der Waals surface area contributed by atoms with Crippen molar-refractivity contribution in [1.82, 2.24) is 4.98 Å². The van der Waals surface area contributed by atoms with Gasteiger partial charge in [-0.2, -0.15) is 0 Å². The van der Waals surface area contributed by atoms with Crippen LogP contribution >= 0.6 is 11.8 Å². The van der Waals surface area contributed by atoms with Crippen LogP contribution < -0.4 is 5.73 Å². The summed E-state index contributed by atoms with van der Waals surface area (Å²) in [5.74, 6) is -0.0942. The van der Waals surface area contributed by atoms with E-state index in [1.165, 1.54) is 36.4 Å². The Kier molecular flexibility index (Phi) is 3.83. The molecule has 0 bridgehead atoms. The lowest BCUT2D eigenvalue weighted by Crippen LogP contribution is -2.13. The molecule has 0 saturated carbocycles.